The number of halogens is 2. The maximum atomic E-state index is 9.41. The van der Waals surface area contributed by atoms with Gasteiger partial charge in [0.05, 0.1) is 16.7 Å². The third kappa shape index (κ3) is 3.86. The van der Waals surface area contributed by atoms with Crippen LogP contribution in [0.3, 0.4) is 0 Å². The average molecular weight is 317 g/mol. The molecule has 0 spiro atoms. The van der Waals surface area contributed by atoms with Gasteiger partial charge in [0, 0.05) is 18.6 Å². The van der Waals surface area contributed by atoms with E-state index in [9.17, 15) is 5.11 Å². The van der Waals surface area contributed by atoms with Crippen LogP contribution in [-0.4, -0.2) is 35.7 Å². The summed E-state index contributed by atoms with van der Waals surface area (Å²) in [6.45, 7) is 2.16. The van der Waals surface area contributed by atoms with Gasteiger partial charge in [-0.05, 0) is 37.4 Å². The molecule has 1 aromatic carbocycles. The first-order valence-corrected chi connectivity index (χ1v) is 7.93. The van der Waals surface area contributed by atoms with Crippen LogP contribution in [0.2, 0.25) is 10.0 Å². The van der Waals surface area contributed by atoms with Crippen molar-refractivity contribution in [2.24, 2.45) is 5.73 Å². The van der Waals surface area contributed by atoms with Crippen molar-refractivity contribution in [1.29, 1.82) is 0 Å². The minimum Gasteiger partial charge on any atom is -0.395 e. The van der Waals surface area contributed by atoms with E-state index in [0.29, 0.717) is 10.0 Å². The highest BCUT2D eigenvalue weighted by molar-refractivity contribution is 6.42. The molecule has 1 aliphatic rings. The molecule has 112 valence electrons. The SMILES string of the molecule is NC(CCN1CCCCC1CO)c1cccc(Cl)c1Cl. The van der Waals surface area contributed by atoms with Gasteiger partial charge >= 0.3 is 0 Å². The summed E-state index contributed by atoms with van der Waals surface area (Å²) in [7, 11) is 0. The van der Waals surface area contributed by atoms with Crippen LogP contribution in [0.15, 0.2) is 18.2 Å². The van der Waals surface area contributed by atoms with Crippen LogP contribution in [0.25, 0.3) is 0 Å². The molecule has 1 heterocycles. The molecule has 20 heavy (non-hydrogen) atoms. The fourth-order valence-electron chi connectivity index (χ4n) is 2.83. The first-order chi connectivity index (χ1) is 9.63. The smallest absolute Gasteiger partial charge is 0.0640 e. The molecule has 1 saturated heterocycles. The van der Waals surface area contributed by atoms with Gasteiger partial charge in [-0.1, -0.05) is 41.8 Å². The van der Waals surface area contributed by atoms with Gasteiger partial charge in [0.15, 0.2) is 0 Å². The van der Waals surface area contributed by atoms with Crippen LogP contribution in [0.4, 0.5) is 0 Å². The Morgan fingerprint density at radius 3 is 2.90 bits per heavy atom. The largest absolute Gasteiger partial charge is 0.395 e. The van der Waals surface area contributed by atoms with Gasteiger partial charge in [-0.2, -0.15) is 0 Å². The van der Waals surface area contributed by atoms with Crippen molar-refractivity contribution in [3.8, 4) is 0 Å². The minimum absolute atomic E-state index is 0.123. The standard InChI is InChI=1S/C15H22Cl2N2O/c16-13-6-3-5-12(15(13)17)14(18)7-9-19-8-2-1-4-11(19)10-20/h3,5-6,11,14,20H,1-2,4,7-10,18H2. The Bertz CT molecular complexity index is 442. The van der Waals surface area contributed by atoms with E-state index in [0.717, 1.165) is 31.5 Å². The number of hydrogen-bond donors (Lipinski definition) is 2. The summed E-state index contributed by atoms with van der Waals surface area (Å²) in [5.74, 6) is 0. The second-order valence-electron chi connectivity index (χ2n) is 5.41. The quantitative estimate of drug-likeness (QED) is 0.876. The number of rotatable bonds is 5. The molecule has 5 heteroatoms. The summed E-state index contributed by atoms with van der Waals surface area (Å²) >= 11 is 12.2. The molecule has 0 radical (unpaired) electrons. The van der Waals surface area contributed by atoms with Crippen LogP contribution in [0, 0.1) is 0 Å². The molecule has 2 atom stereocenters. The van der Waals surface area contributed by atoms with E-state index in [1.54, 1.807) is 6.07 Å². The van der Waals surface area contributed by atoms with Crippen molar-refractivity contribution in [3.63, 3.8) is 0 Å². The van der Waals surface area contributed by atoms with Crippen LogP contribution >= 0.6 is 23.2 Å². The Morgan fingerprint density at radius 1 is 1.35 bits per heavy atom. The molecule has 3 N–H and O–H groups in total. The second-order valence-corrected chi connectivity index (χ2v) is 6.19. The number of hydrogen-bond acceptors (Lipinski definition) is 3. The highest BCUT2D eigenvalue weighted by Gasteiger charge is 2.22. The third-order valence-corrected chi connectivity index (χ3v) is 4.90. The predicted octanol–water partition coefficient (Wildman–Crippen LogP) is 3.23. The van der Waals surface area contributed by atoms with E-state index in [4.69, 9.17) is 28.9 Å². The summed E-state index contributed by atoms with van der Waals surface area (Å²) < 4.78 is 0. The Balaban J connectivity index is 1.94. The summed E-state index contributed by atoms with van der Waals surface area (Å²) in [5, 5.41) is 10.5. The van der Waals surface area contributed by atoms with Crippen LogP contribution in [0.5, 0.6) is 0 Å². The molecule has 3 nitrogen and oxygen atoms in total. The van der Waals surface area contributed by atoms with E-state index in [1.807, 2.05) is 12.1 Å². The fourth-order valence-corrected chi connectivity index (χ4v) is 3.28. The Morgan fingerprint density at radius 2 is 2.15 bits per heavy atom. The zero-order valence-electron chi connectivity index (χ0n) is 11.6. The number of aliphatic hydroxyl groups excluding tert-OH is 1. The summed E-state index contributed by atoms with van der Waals surface area (Å²) in [6.07, 6.45) is 4.29. The van der Waals surface area contributed by atoms with Crippen molar-refractivity contribution >= 4 is 23.2 Å². The zero-order valence-corrected chi connectivity index (χ0v) is 13.1. The molecule has 0 amide bonds. The number of nitrogens with zero attached hydrogens (tertiary/aromatic N) is 1. The van der Waals surface area contributed by atoms with Gasteiger partial charge in [-0.3, -0.25) is 4.90 Å². The fraction of sp³-hybridized carbons (Fsp3) is 0.600. The average Bonchev–Trinajstić information content (AvgIpc) is 2.48. The Labute approximate surface area is 130 Å². The second kappa shape index (κ2) is 7.62. The monoisotopic (exact) mass is 316 g/mol. The van der Waals surface area contributed by atoms with Crippen LogP contribution in [0.1, 0.15) is 37.3 Å². The van der Waals surface area contributed by atoms with Crippen molar-refractivity contribution in [3.05, 3.63) is 33.8 Å². The van der Waals surface area contributed by atoms with E-state index in [2.05, 4.69) is 4.90 Å². The molecular weight excluding hydrogens is 295 g/mol. The lowest BCUT2D eigenvalue weighted by Gasteiger charge is -2.35. The van der Waals surface area contributed by atoms with Gasteiger partial charge in [0.1, 0.15) is 0 Å². The third-order valence-electron chi connectivity index (χ3n) is 4.07. The van der Waals surface area contributed by atoms with Crippen LogP contribution < -0.4 is 5.73 Å². The van der Waals surface area contributed by atoms with Gasteiger partial charge in [-0.15, -0.1) is 0 Å². The van der Waals surface area contributed by atoms with Gasteiger partial charge in [0.2, 0.25) is 0 Å². The zero-order chi connectivity index (χ0) is 14.5. The molecular formula is C15H22Cl2N2O. The summed E-state index contributed by atoms with van der Waals surface area (Å²) in [4.78, 5) is 2.34. The van der Waals surface area contributed by atoms with Gasteiger partial charge in [0.25, 0.3) is 0 Å². The molecule has 2 rings (SSSR count). The van der Waals surface area contributed by atoms with Crippen molar-refractivity contribution in [1.82, 2.24) is 4.90 Å². The van der Waals surface area contributed by atoms with E-state index in [-0.39, 0.29) is 18.7 Å². The van der Waals surface area contributed by atoms with E-state index >= 15 is 0 Å². The maximum Gasteiger partial charge on any atom is 0.0640 e. The number of benzene rings is 1. The molecule has 0 aromatic heterocycles. The van der Waals surface area contributed by atoms with E-state index < -0.39 is 0 Å². The normalized spacial score (nSPS) is 21.9. The molecule has 0 aliphatic carbocycles. The Hall–Kier alpha value is -0.320. The molecule has 0 bridgehead atoms. The molecule has 1 fully saturated rings. The first kappa shape index (κ1) is 16.1. The minimum atomic E-state index is -0.123. The summed E-state index contributed by atoms with van der Waals surface area (Å²) in [6, 6.07) is 5.74. The van der Waals surface area contributed by atoms with Gasteiger partial charge < -0.3 is 10.8 Å². The van der Waals surface area contributed by atoms with Crippen molar-refractivity contribution in [2.45, 2.75) is 37.8 Å². The molecule has 1 aliphatic heterocycles. The van der Waals surface area contributed by atoms with Crippen molar-refractivity contribution < 1.29 is 5.11 Å². The molecule has 0 saturated carbocycles. The first-order valence-electron chi connectivity index (χ1n) is 7.18. The highest BCUT2D eigenvalue weighted by Crippen LogP contribution is 2.30. The predicted molar refractivity (Wildman–Crippen MR) is 84.3 cm³/mol. The van der Waals surface area contributed by atoms with Gasteiger partial charge in [-0.25, -0.2) is 0 Å². The summed E-state index contributed by atoms with van der Waals surface area (Å²) in [5.41, 5.74) is 7.14. The number of aliphatic hydroxyl groups is 1. The number of nitrogens with two attached hydrogens (primary N) is 1. The highest BCUT2D eigenvalue weighted by atomic mass is 35.5. The van der Waals surface area contributed by atoms with E-state index in [1.165, 1.54) is 12.8 Å². The lowest BCUT2D eigenvalue weighted by Crippen LogP contribution is -2.42. The lowest BCUT2D eigenvalue weighted by molar-refractivity contribution is 0.0876. The van der Waals surface area contributed by atoms with Crippen LogP contribution in [-0.2, 0) is 0 Å². The topological polar surface area (TPSA) is 49.5 Å². The Kier molecular flexibility index (Phi) is 6.12. The number of piperidine rings is 1. The lowest BCUT2D eigenvalue weighted by atomic mass is 10.00. The van der Waals surface area contributed by atoms with Crippen molar-refractivity contribution in [2.75, 3.05) is 19.7 Å². The maximum absolute atomic E-state index is 9.41. The molecule has 1 aromatic rings. The molecule has 2 unspecified atom stereocenters. The number of likely N-dealkylation sites (tertiary alicyclic amines) is 1.